The van der Waals surface area contributed by atoms with Gasteiger partial charge in [-0.1, -0.05) is 6.92 Å². The zero-order valence-electron chi connectivity index (χ0n) is 13.0. The normalized spacial score (nSPS) is 13.7. The number of ether oxygens (including phenoxy) is 3. The second-order valence-corrected chi connectivity index (χ2v) is 4.71. The van der Waals surface area contributed by atoms with Crippen LogP contribution in [0.5, 0.6) is 17.2 Å². The minimum atomic E-state index is -0.0271. The molecule has 0 radical (unpaired) electrons. The Morgan fingerprint density at radius 3 is 2.00 bits per heavy atom. The molecule has 0 amide bonds. The Hall–Kier alpha value is -1.46. The van der Waals surface area contributed by atoms with E-state index >= 15 is 0 Å². The van der Waals surface area contributed by atoms with Crippen molar-refractivity contribution < 1.29 is 14.2 Å². The minimum absolute atomic E-state index is 0.0271. The van der Waals surface area contributed by atoms with Gasteiger partial charge in [0, 0.05) is 24.7 Å². The second kappa shape index (κ2) is 7.97. The van der Waals surface area contributed by atoms with Crippen molar-refractivity contribution >= 4 is 0 Å². The highest BCUT2D eigenvalue weighted by molar-refractivity contribution is 5.52. The molecular formula is C15H26N2O3. The van der Waals surface area contributed by atoms with Crippen LogP contribution in [0.4, 0.5) is 0 Å². The molecule has 1 aromatic carbocycles. The average molecular weight is 282 g/mol. The first-order valence-corrected chi connectivity index (χ1v) is 6.87. The van der Waals surface area contributed by atoms with Gasteiger partial charge in [0.15, 0.2) is 0 Å². The first-order valence-electron chi connectivity index (χ1n) is 6.87. The molecule has 0 heterocycles. The molecule has 0 fully saturated rings. The van der Waals surface area contributed by atoms with E-state index in [2.05, 4.69) is 19.2 Å². The molecule has 0 aliphatic carbocycles. The van der Waals surface area contributed by atoms with E-state index in [4.69, 9.17) is 19.9 Å². The number of hydrogen-bond acceptors (Lipinski definition) is 5. The minimum Gasteiger partial charge on any atom is -0.496 e. The van der Waals surface area contributed by atoms with Crippen LogP contribution in [-0.4, -0.2) is 33.9 Å². The SMILES string of the molecule is CCC(C)NC(CN)c1c(OC)cc(OC)cc1OC. The number of hydrogen-bond donors (Lipinski definition) is 2. The van der Waals surface area contributed by atoms with E-state index in [0.717, 1.165) is 12.0 Å². The van der Waals surface area contributed by atoms with Crippen molar-refractivity contribution in [1.29, 1.82) is 0 Å². The molecular weight excluding hydrogens is 256 g/mol. The lowest BCUT2D eigenvalue weighted by Gasteiger charge is -2.25. The number of rotatable bonds is 8. The maximum atomic E-state index is 5.92. The Morgan fingerprint density at radius 1 is 1.10 bits per heavy atom. The van der Waals surface area contributed by atoms with Crippen LogP contribution in [0.15, 0.2) is 12.1 Å². The van der Waals surface area contributed by atoms with Crippen molar-refractivity contribution in [3.05, 3.63) is 17.7 Å². The Morgan fingerprint density at radius 2 is 1.65 bits per heavy atom. The van der Waals surface area contributed by atoms with Crippen LogP contribution < -0.4 is 25.3 Å². The van der Waals surface area contributed by atoms with Gasteiger partial charge in [0.25, 0.3) is 0 Å². The summed E-state index contributed by atoms with van der Waals surface area (Å²) in [4.78, 5) is 0. The molecule has 5 heteroatoms. The van der Waals surface area contributed by atoms with Crippen LogP contribution in [0.2, 0.25) is 0 Å². The molecule has 2 atom stereocenters. The van der Waals surface area contributed by atoms with Crippen LogP contribution in [0.3, 0.4) is 0 Å². The third-order valence-electron chi connectivity index (χ3n) is 3.44. The highest BCUT2D eigenvalue weighted by atomic mass is 16.5. The molecule has 0 saturated carbocycles. The van der Waals surface area contributed by atoms with E-state index in [1.807, 2.05) is 12.1 Å². The molecule has 0 bridgehead atoms. The Labute approximate surface area is 121 Å². The fourth-order valence-electron chi connectivity index (χ4n) is 2.11. The Kier molecular flexibility index (Phi) is 6.61. The van der Waals surface area contributed by atoms with Gasteiger partial charge < -0.3 is 25.3 Å². The fraction of sp³-hybridized carbons (Fsp3) is 0.600. The van der Waals surface area contributed by atoms with Crippen molar-refractivity contribution in [1.82, 2.24) is 5.32 Å². The highest BCUT2D eigenvalue weighted by Crippen LogP contribution is 2.38. The summed E-state index contributed by atoms with van der Waals surface area (Å²) in [7, 11) is 4.88. The second-order valence-electron chi connectivity index (χ2n) is 4.71. The van der Waals surface area contributed by atoms with Crippen molar-refractivity contribution in [3.63, 3.8) is 0 Å². The molecule has 5 nitrogen and oxygen atoms in total. The van der Waals surface area contributed by atoms with Crippen molar-refractivity contribution in [2.45, 2.75) is 32.4 Å². The first-order chi connectivity index (χ1) is 9.60. The average Bonchev–Trinajstić information content (AvgIpc) is 2.50. The lowest BCUT2D eigenvalue weighted by atomic mass is 10.0. The molecule has 114 valence electrons. The van der Waals surface area contributed by atoms with Crippen molar-refractivity contribution in [2.75, 3.05) is 27.9 Å². The number of benzene rings is 1. The van der Waals surface area contributed by atoms with Crippen LogP contribution in [0, 0.1) is 0 Å². The summed E-state index contributed by atoms with van der Waals surface area (Å²) >= 11 is 0. The summed E-state index contributed by atoms with van der Waals surface area (Å²) in [6, 6.07) is 4.03. The standard InChI is InChI=1S/C15H26N2O3/c1-6-10(2)17-12(9-16)15-13(19-4)7-11(18-3)8-14(15)20-5/h7-8,10,12,17H,6,9,16H2,1-5H3. The van der Waals surface area contributed by atoms with Gasteiger partial charge in [0.05, 0.1) is 32.9 Å². The van der Waals surface area contributed by atoms with Gasteiger partial charge >= 0.3 is 0 Å². The molecule has 0 spiro atoms. The Balaban J connectivity index is 3.24. The summed E-state index contributed by atoms with van der Waals surface area (Å²) in [5.41, 5.74) is 6.85. The molecule has 0 aliphatic heterocycles. The maximum Gasteiger partial charge on any atom is 0.131 e. The maximum absolute atomic E-state index is 5.92. The summed E-state index contributed by atoms with van der Waals surface area (Å²) in [6.45, 7) is 4.72. The summed E-state index contributed by atoms with van der Waals surface area (Å²) in [5, 5.41) is 3.49. The van der Waals surface area contributed by atoms with Crippen LogP contribution in [0.25, 0.3) is 0 Å². The lowest BCUT2D eigenvalue weighted by Crippen LogP contribution is -2.35. The molecule has 0 saturated heterocycles. The molecule has 1 rings (SSSR count). The summed E-state index contributed by atoms with van der Waals surface area (Å²) < 4.78 is 16.2. The molecule has 1 aromatic rings. The Bertz CT molecular complexity index is 399. The largest absolute Gasteiger partial charge is 0.496 e. The zero-order valence-corrected chi connectivity index (χ0v) is 13.0. The van der Waals surface area contributed by atoms with Crippen LogP contribution in [-0.2, 0) is 0 Å². The molecule has 2 unspecified atom stereocenters. The van der Waals surface area contributed by atoms with E-state index in [1.54, 1.807) is 21.3 Å². The van der Waals surface area contributed by atoms with Gasteiger partial charge in [-0.3, -0.25) is 0 Å². The van der Waals surface area contributed by atoms with E-state index in [1.165, 1.54) is 0 Å². The zero-order chi connectivity index (χ0) is 15.1. The smallest absolute Gasteiger partial charge is 0.131 e. The lowest BCUT2D eigenvalue weighted by molar-refractivity contribution is 0.351. The number of nitrogens with two attached hydrogens (primary N) is 1. The van der Waals surface area contributed by atoms with Gasteiger partial charge in [0.1, 0.15) is 17.2 Å². The quantitative estimate of drug-likeness (QED) is 0.764. The number of nitrogens with one attached hydrogen (secondary N) is 1. The predicted octanol–water partition coefficient (Wildman–Crippen LogP) is 2.10. The summed E-state index contributed by atoms with van der Waals surface area (Å²) in [5.74, 6) is 2.13. The van der Waals surface area contributed by atoms with Crippen LogP contribution >= 0.6 is 0 Å². The fourth-order valence-corrected chi connectivity index (χ4v) is 2.11. The first kappa shape index (κ1) is 16.6. The van der Waals surface area contributed by atoms with Crippen molar-refractivity contribution in [3.8, 4) is 17.2 Å². The van der Waals surface area contributed by atoms with Gasteiger partial charge in [-0.2, -0.15) is 0 Å². The molecule has 0 aliphatic rings. The van der Waals surface area contributed by atoms with E-state index in [-0.39, 0.29) is 6.04 Å². The van der Waals surface area contributed by atoms with E-state index in [9.17, 15) is 0 Å². The molecule has 3 N–H and O–H groups in total. The highest BCUT2D eigenvalue weighted by Gasteiger charge is 2.22. The predicted molar refractivity (Wildman–Crippen MR) is 80.8 cm³/mol. The van der Waals surface area contributed by atoms with Crippen molar-refractivity contribution in [2.24, 2.45) is 5.73 Å². The molecule has 0 aromatic heterocycles. The molecule has 20 heavy (non-hydrogen) atoms. The van der Waals surface area contributed by atoms with E-state index < -0.39 is 0 Å². The van der Waals surface area contributed by atoms with Crippen LogP contribution in [0.1, 0.15) is 31.9 Å². The third kappa shape index (κ3) is 3.77. The summed E-state index contributed by atoms with van der Waals surface area (Å²) in [6.07, 6.45) is 1.03. The van der Waals surface area contributed by atoms with Gasteiger partial charge in [-0.05, 0) is 13.3 Å². The third-order valence-corrected chi connectivity index (χ3v) is 3.44. The topological polar surface area (TPSA) is 65.7 Å². The number of methoxy groups -OCH3 is 3. The monoisotopic (exact) mass is 282 g/mol. The van der Waals surface area contributed by atoms with Gasteiger partial charge in [-0.25, -0.2) is 0 Å². The van der Waals surface area contributed by atoms with Gasteiger partial charge in [-0.15, -0.1) is 0 Å². The van der Waals surface area contributed by atoms with Gasteiger partial charge in [0.2, 0.25) is 0 Å². The van der Waals surface area contributed by atoms with E-state index in [0.29, 0.717) is 29.8 Å².